The van der Waals surface area contributed by atoms with Crippen molar-refractivity contribution in [3.05, 3.63) is 23.8 Å². The number of hydrogen-bond acceptors (Lipinski definition) is 7. The number of carbonyl (C=O) groups is 1. The molecule has 1 unspecified atom stereocenters. The maximum Gasteiger partial charge on any atom is 0.263 e. The number of likely N-dealkylation sites (N-methyl/N-ethyl adjacent to an activating group) is 1. The first-order chi connectivity index (χ1) is 13.4. The molecule has 1 saturated heterocycles. The van der Waals surface area contributed by atoms with Gasteiger partial charge in [0.05, 0.1) is 30.0 Å². The number of nitrogens with zero attached hydrogens (tertiary/aromatic N) is 5. The average Bonchev–Trinajstić information content (AvgIpc) is 2.98. The number of piperazine rings is 1. The van der Waals surface area contributed by atoms with E-state index < -0.39 is 11.7 Å². The Balaban J connectivity index is 1.62. The van der Waals surface area contributed by atoms with E-state index in [0.29, 0.717) is 43.4 Å². The summed E-state index contributed by atoms with van der Waals surface area (Å²) in [5.74, 6) is -0.341. The Morgan fingerprint density at radius 2 is 2.11 bits per heavy atom. The minimum Gasteiger partial charge on any atom is -0.381 e. The number of nitrogens with two attached hydrogens (primary N) is 1. The van der Waals surface area contributed by atoms with Crippen LogP contribution in [0.5, 0.6) is 0 Å². The number of pyridine rings is 1. The van der Waals surface area contributed by atoms with E-state index >= 15 is 0 Å². The number of carbonyl (C=O) groups excluding carboxylic acids is 1. The van der Waals surface area contributed by atoms with Crippen LogP contribution >= 0.6 is 11.6 Å². The van der Waals surface area contributed by atoms with Crippen LogP contribution in [0.25, 0.3) is 0 Å². The molecule has 4 heterocycles. The Morgan fingerprint density at radius 3 is 2.86 bits per heavy atom. The van der Waals surface area contributed by atoms with Crippen LogP contribution in [0, 0.1) is 5.82 Å². The van der Waals surface area contributed by atoms with Crippen LogP contribution in [0.3, 0.4) is 0 Å². The first kappa shape index (κ1) is 18.8. The summed E-state index contributed by atoms with van der Waals surface area (Å²) in [6, 6.07) is 0. The Kier molecular flexibility index (Phi) is 4.98. The van der Waals surface area contributed by atoms with Crippen LogP contribution in [-0.2, 0) is 6.54 Å². The van der Waals surface area contributed by atoms with Crippen molar-refractivity contribution in [3.63, 3.8) is 0 Å². The normalized spacial score (nSPS) is 19.8. The van der Waals surface area contributed by atoms with Crippen molar-refractivity contribution in [2.45, 2.75) is 11.9 Å². The number of anilines is 4. The smallest absolute Gasteiger partial charge is 0.263 e. The van der Waals surface area contributed by atoms with E-state index in [9.17, 15) is 9.18 Å². The number of alkyl halides is 1. The highest BCUT2D eigenvalue weighted by atomic mass is 35.5. The fourth-order valence-corrected chi connectivity index (χ4v) is 3.74. The molecule has 1 amide bonds. The average molecular weight is 409 g/mol. The summed E-state index contributed by atoms with van der Waals surface area (Å²) < 4.78 is 16.2. The van der Waals surface area contributed by atoms with Gasteiger partial charge in [0.25, 0.3) is 5.91 Å². The van der Waals surface area contributed by atoms with Crippen molar-refractivity contribution >= 4 is 40.5 Å². The van der Waals surface area contributed by atoms with Crippen LogP contribution in [0.15, 0.2) is 12.4 Å². The second-order valence-electron chi connectivity index (χ2n) is 7.03. The topological polar surface area (TPSA) is 104 Å². The number of rotatable bonds is 3. The number of amides is 1. The van der Waals surface area contributed by atoms with Gasteiger partial charge in [0.2, 0.25) is 0 Å². The number of aromatic nitrogens is 3. The van der Waals surface area contributed by atoms with E-state index in [0.717, 1.165) is 19.3 Å². The van der Waals surface area contributed by atoms with Gasteiger partial charge in [-0.15, -0.1) is 11.6 Å². The van der Waals surface area contributed by atoms with E-state index in [1.807, 2.05) is 11.9 Å². The van der Waals surface area contributed by atoms with Gasteiger partial charge in [-0.25, -0.2) is 9.07 Å². The standard InChI is InChI=1S/C17H22ClFN8O/c1-25-2-4-26(5-3-25)14-11(19)7-21-8-12(14)23-17(28)13-15(20)24-27-9-10(18)6-22-16(13)27/h7-8,10,22H,2-6,9H2,1H3,(H2,20,24)(H,23,28). The molecule has 0 radical (unpaired) electrons. The lowest BCUT2D eigenvalue weighted by atomic mass is 10.2. The third kappa shape index (κ3) is 3.45. The van der Waals surface area contributed by atoms with Crippen LogP contribution in [0.1, 0.15) is 10.4 Å². The highest BCUT2D eigenvalue weighted by Gasteiger charge is 2.28. The summed E-state index contributed by atoms with van der Waals surface area (Å²) in [5, 5.41) is 9.89. The molecule has 0 aliphatic carbocycles. The van der Waals surface area contributed by atoms with Crippen LogP contribution in [0.4, 0.5) is 27.4 Å². The van der Waals surface area contributed by atoms with E-state index in [-0.39, 0.29) is 16.8 Å². The minimum absolute atomic E-state index is 0.0938. The van der Waals surface area contributed by atoms with Gasteiger partial charge in [0, 0.05) is 32.7 Å². The molecule has 11 heteroatoms. The molecule has 4 rings (SSSR count). The quantitative estimate of drug-likeness (QED) is 0.652. The Hall–Kier alpha value is -2.59. The molecule has 1 atom stereocenters. The van der Waals surface area contributed by atoms with Crippen molar-refractivity contribution in [1.29, 1.82) is 0 Å². The molecule has 2 aromatic rings. The number of hydrogen-bond donors (Lipinski definition) is 3. The van der Waals surface area contributed by atoms with E-state index in [1.54, 1.807) is 4.68 Å². The van der Waals surface area contributed by atoms with E-state index in [4.69, 9.17) is 17.3 Å². The minimum atomic E-state index is -0.476. The number of nitrogen functional groups attached to an aromatic ring is 1. The fraction of sp³-hybridized carbons (Fsp3) is 0.471. The third-order valence-corrected chi connectivity index (χ3v) is 5.30. The second-order valence-corrected chi connectivity index (χ2v) is 7.65. The zero-order chi connectivity index (χ0) is 19.8. The molecular weight excluding hydrogens is 387 g/mol. The first-order valence-corrected chi connectivity index (χ1v) is 9.50. The lowest BCUT2D eigenvalue weighted by molar-refractivity contribution is 0.102. The maximum absolute atomic E-state index is 14.6. The zero-order valence-corrected chi connectivity index (χ0v) is 16.2. The molecule has 150 valence electrons. The molecule has 0 aromatic carbocycles. The van der Waals surface area contributed by atoms with E-state index in [2.05, 4.69) is 25.6 Å². The van der Waals surface area contributed by atoms with Crippen molar-refractivity contribution in [1.82, 2.24) is 19.7 Å². The van der Waals surface area contributed by atoms with Gasteiger partial charge in [-0.05, 0) is 7.05 Å². The molecule has 0 saturated carbocycles. The monoisotopic (exact) mass is 408 g/mol. The molecule has 4 N–H and O–H groups in total. The highest BCUT2D eigenvalue weighted by molar-refractivity contribution is 6.21. The van der Waals surface area contributed by atoms with Crippen molar-refractivity contribution in [2.75, 3.05) is 61.0 Å². The second kappa shape index (κ2) is 7.44. The van der Waals surface area contributed by atoms with Gasteiger partial charge in [-0.1, -0.05) is 0 Å². The summed E-state index contributed by atoms with van der Waals surface area (Å²) in [6.07, 6.45) is 2.60. The third-order valence-electron chi connectivity index (χ3n) is 5.01. The summed E-state index contributed by atoms with van der Waals surface area (Å²) in [7, 11) is 2.02. The number of halogens is 2. The Bertz CT molecular complexity index is 896. The van der Waals surface area contributed by atoms with E-state index in [1.165, 1.54) is 6.20 Å². The van der Waals surface area contributed by atoms with Crippen LogP contribution in [-0.4, -0.2) is 70.7 Å². The molecule has 1 fully saturated rings. The van der Waals surface area contributed by atoms with Crippen LogP contribution < -0.4 is 21.3 Å². The lowest BCUT2D eigenvalue weighted by Crippen LogP contribution is -2.45. The molecule has 0 spiro atoms. The summed E-state index contributed by atoms with van der Waals surface area (Å²) in [5.41, 5.74) is 6.83. The Morgan fingerprint density at radius 1 is 1.36 bits per heavy atom. The summed E-state index contributed by atoms with van der Waals surface area (Å²) >= 11 is 6.13. The van der Waals surface area contributed by atoms with Crippen molar-refractivity contribution in [3.8, 4) is 0 Å². The van der Waals surface area contributed by atoms with Gasteiger partial charge >= 0.3 is 0 Å². The van der Waals surface area contributed by atoms with Gasteiger partial charge in [-0.2, -0.15) is 5.10 Å². The zero-order valence-electron chi connectivity index (χ0n) is 15.5. The van der Waals surface area contributed by atoms with Crippen LogP contribution in [0.2, 0.25) is 0 Å². The maximum atomic E-state index is 14.6. The van der Waals surface area contributed by atoms with Crippen molar-refractivity contribution in [2.24, 2.45) is 0 Å². The molecule has 2 aromatic heterocycles. The molecule has 2 aliphatic heterocycles. The SMILES string of the molecule is CN1CCN(c2c(F)cncc2NC(=O)c2c(N)nn3c2NCC(Cl)C3)CC1. The summed E-state index contributed by atoms with van der Waals surface area (Å²) in [4.78, 5) is 20.9. The highest BCUT2D eigenvalue weighted by Crippen LogP contribution is 2.32. The predicted molar refractivity (Wildman–Crippen MR) is 107 cm³/mol. The largest absolute Gasteiger partial charge is 0.381 e. The van der Waals surface area contributed by atoms with Gasteiger partial charge < -0.3 is 26.2 Å². The molecule has 28 heavy (non-hydrogen) atoms. The molecule has 2 aliphatic rings. The van der Waals surface area contributed by atoms with Gasteiger partial charge in [0.15, 0.2) is 11.6 Å². The lowest BCUT2D eigenvalue weighted by Gasteiger charge is -2.35. The first-order valence-electron chi connectivity index (χ1n) is 9.06. The molecule has 9 nitrogen and oxygen atoms in total. The Labute approximate surface area is 166 Å². The molecular formula is C17H22ClFN8O. The predicted octanol–water partition coefficient (Wildman–Crippen LogP) is 1.04. The summed E-state index contributed by atoms with van der Waals surface area (Å²) in [6.45, 7) is 3.89. The number of fused-ring (bicyclic) bond motifs is 1. The van der Waals surface area contributed by atoms with Gasteiger partial charge in [-0.3, -0.25) is 9.78 Å². The fourth-order valence-electron chi connectivity index (χ4n) is 3.53. The molecule has 0 bridgehead atoms. The van der Waals surface area contributed by atoms with Crippen molar-refractivity contribution < 1.29 is 9.18 Å². The number of nitrogens with one attached hydrogen (secondary N) is 2. The van der Waals surface area contributed by atoms with Gasteiger partial charge in [0.1, 0.15) is 17.1 Å².